The van der Waals surface area contributed by atoms with Gasteiger partial charge in [-0.15, -0.1) is 0 Å². The van der Waals surface area contributed by atoms with Gasteiger partial charge in [0.15, 0.2) is 0 Å². The highest BCUT2D eigenvalue weighted by atomic mass is 79.9. The van der Waals surface area contributed by atoms with Crippen molar-refractivity contribution in [1.82, 2.24) is 14.7 Å². The Kier molecular flexibility index (Phi) is 2.80. The number of hydrogen-bond acceptors (Lipinski definition) is 3. The van der Waals surface area contributed by atoms with Crippen LogP contribution in [-0.2, 0) is 6.42 Å². The third kappa shape index (κ3) is 2.05. The largest absolute Gasteiger partial charge is 0.398 e. The van der Waals surface area contributed by atoms with Gasteiger partial charge in [0.25, 0.3) is 0 Å². The fourth-order valence-corrected chi connectivity index (χ4v) is 2.95. The summed E-state index contributed by atoms with van der Waals surface area (Å²) in [6.45, 7) is 1.12. The Morgan fingerprint density at radius 2 is 2.41 bits per heavy atom. The molecule has 1 saturated heterocycles. The van der Waals surface area contributed by atoms with Crippen LogP contribution in [0.25, 0.3) is 5.52 Å². The van der Waals surface area contributed by atoms with E-state index >= 15 is 0 Å². The highest BCUT2D eigenvalue weighted by molar-refractivity contribution is 9.10. The van der Waals surface area contributed by atoms with Gasteiger partial charge in [-0.05, 0) is 47.4 Å². The average molecular weight is 295 g/mol. The zero-order valence-corrected chi connectivity index (χ0v) is 11.1. The normalized spacial score (nSPS) is 20.2. The number of imidazole rings is 1. The van der Waals surface area contributed by atoms with Crippen LogP contribution in [0.2, 0.25) is 0 Å². The summed E-state index contributed by atoms with van der Waals surface area (Å²) in [4.78, 5) is 4.58. The number of halogens is 1. The van der Waals surface area contributed by atoms with Crippen molar-refractivity contribution in [2.45, 2.75) is 25.3 Å². The Balaban J connectivity index is 2.00. The van der Waals surface area contributed by atoms with Gasteiger partial charge in [0.1, 0.15) is 10.4 Å². The summed E-state index contributed by atoms with van der Waals surface area (Å²) in [6, 6.07) is 4.45. The molecule has 1 aliphatic rings. The van der Waals surface area contributed by atoms with Crippen molar-refractivity contribution in [3.63, 3.8) is 0 Å². The van der Waals surface area contributed by atoms with Crippen LogP contribution >= 0.6 is 15.9 Å². The van der Waals surface area contributed by atoms with Crippen molar-refractivity contribution < 1.29 is 0 Å². The molecular formula is C12H15BrN4. The Bertz CT molecular complexity index is 543. The summed E-state index contributed by atoms with van der Waals surface area (Å²) in [5, 5.41) is 3.49. The van der Waals surface area contributed by atoms with Gasteiger partial charge in [-0.1, -0.05) is 0 Å². The molecule has 3 heterocycles. The molecule has 5 heteroatoms. The molecule has 0 radical (unpaired) electrons. The number of hydrogen-bond donors (Lipinski definition) is 2. The van der Waals surface area contributed by atoms with Crippen LogP contribution < -0.4 is 11.1 Å². The number of anilines is 1. The topological polar surface area (TPSA) is 55.3 Å². The van der Waals surface area contributed by atoms with E-state index in [0.717, 1.165) is 34.6 Å². The number of nitrogens with two attached hydrogens (primary N) is 1. The third-order valence-corrected chi connectivity index (χ3v) is 3.86. The molecule has 0 aliphatic carbocycles. The van der Waals surface area contributed by atoms with E-state index in [9.17, 15) is 0 Å². The minimum absolute atomic E-state index is 0.550. The number of fused-ring (bicyclic) bond motifs is 1. The zero-order chi connectivity index (χ0) is 11.8. The highest BCUT2D eigenvalue weighted by Gasteiger charge is 2.18. The molecule has 0 amide bonds. The Morgan fingerprint density at radius 1 is 1.53 bits per heavy atom. The second kappa shape index (κ2) is 4.31. The highest BCUT2D eigenvalue weighted by Crippen LogP contribution is 2.22. The van der Waals surface area contributed by atoms with Crippen LogP contribution in [0.4, 0.5) is 5.69 Å². The maximum atomic E-state index is 5.83. The molecule has 1 fully saturated rings. The molecule has 1 unspecified atom stereocenters. The molecule has 3 rings (SSSR count). The van der Waals surface area contributed by atoms with Crippen molar-refractivity contribution in [2.75, 3.05) is 12.3 Å². The Labute approximate surface area is 108 Å². The lowest BCUT2D eigenvalue weighted by Gasteiger charge is -2.09. The van der Waals surface area contributed by atoms with Crippen molar-refractivity contribution in [2.24, 2.45) is 0 Å². The van der Waals surface area contributed by atoms with E-state index < -0.39 is 0 Å². The van der Waals surface area contributed by atoms with Crippen LogP contribution in [0.5, 0.6) is 0 Å². The minimum atomic E-state index is 0.550. The van der Waals surface area contributed by atoms with Crippen LogP contribution in [0.15, 0.2) is 22.9 Å². The minimum Gasteiger partial charge on any atom is -0.398 e. The molecule has 3 N–H and O–H groups in total. The van der Waals surface area contributed by atoms with E-state index in [1.807, 2.05) is 18.3 Å². The fourth-order valence-electron chi connectivity index (χ4n) is 2.42. The molecule has 90 valence electrons. The predicted molar refractivity (Wildman–Crippen MR) is 72.0 cm³/mol. The molecule has 17 heavy (non-hydrogen) atoms. The quantitative estimate of drug-likeness (QED) is 0.890. The van der Waals surface area contributed by atoms with Crippen molar-refractivity contribution >= 4 is 27.1 Å². The van der Waals surface area contributed by atoms with Gasteiger partial charge in [0, 0.05) is 24.3 Å². The molecular weight excluding hydrogens is 280 g/mol. The van der Waals surface area contributed by atoms with E-state index in [0.29, 0.717) is 6.04 Å². The van der Waals surface area contributed by atoms with E-state index in [1.165, 1.54) is 12.8 Å². The number of rotatable bonds is 2. The second-order valence-corrected chi connectivity index (χ2v) is 5.29. The van der Waals surface area contributed by atoms with Gasteiger partial charge in [0.2, 0.25) is 0 Å². The van der Waals surface area contributed by atoms with Gasteiger partial charge < -0.3 is 15.5 Å². The molecule has 0 aromatic carbocycles. The summed E-state index contributed by atoms with van der Waals surface area (Å²) >= 11 is 3.50. The second-order valence-electron chi connectivity index (χ2n) is 4.53. The summed E-state index contributed by atoms with van der Waals surface area (Å²) in [6.07, 6.45) is 5.39. The van der Waals surface area contributed by atoms with E-state index in [1.54, 1.807) is 0 Å². The van der Waals surface area contributed by atoms with Gasteiger partial charge in [0.05, 0.1) is 5.52 Å². The standard InChI is InChI=1S/C12H15BrN4/c13-12-10-4-3-8(14)7-17(10)11(16-12)6-9-2-1-5-15-9/h3-4,7,9,15H,1-2,5-6,14H2. The van der Waals surface area contributed by atoms with Crippen LogP contribution in [0.3, 0.4) is 0 Å². The van der Waals surface area contributed by atoms with Crippen LogP contribution in [-0.4, -0.2) is 22.0 Å². The van der Waals surface area contributed by atoms with E-state index in [-0.39, 0.29) is 0 Å². The molecule has 2 aromatic rings. The summed E-state index contributed by atoms with van der Waals surface area (Å²) in [5.41, 5.74) is 7.67. The molecule has 1 atom stereocenters. The van der Waals surface area contributed by atoms with Gasteiger partial charge in [-0.25, -0.2) is 4.98 Å². The molecule has 2 aromatic heterocycles. The van der Waals surface area contributed by atoms with Gasteiger partial charge in [-0.2, -0.15) is 0 Å². The fraction of sp³-hybridized carbons (Fsp3) is 0.417. The molecule has 0 saturated carbocycles. The number of aromatic nitrogens is 2. The molecule has 4 nitrogen and oxygen atoms in total. The molecule has 0 spiro atoms. The Morgan fingerprint density at radius 3 is 3.18 bits per heavy atom. The maximum absolute atomic E-state index is 5.83. The summed E-state index contributed by atoms with van der Waals surface area (Å²) in [5.74, 6) is 1.07. The number of nitrogens with one attached hydrogen (secondary N) is 1. The van der Waals surface area contributed by atoms with Gasteiger partial charge >= 0.3 is 0 Å². The number of pyridine rings is 1. The van der Waals surface area contributed by atoms with Crippen molar-refractivity contribution in [3.05, 3.63) is 28.8 Å². The monoisotopic (exact) mass is 294 g/mol. The third-order valence-electron chi connectivity index (χ3n) is 3.28. The number of nitrogens with zero attached hydrogens (tertiary/aromatic N) is 2. The van der Waals surface area contributed by atoms with E-state index in [4.69, 9.17) is 5.73 Å². The number of nitrogen functional groups attached to an aromatic ring is 1. The van der Waals surface area contributed by atoms with Gasteiger partial charge in [-0.3, -0.25) is 0 Å². The van der Waals surface area contributed by atoms with Crippen LogP contribution in [0.1, 0.15) is 18.7 Å². The summed E-state index contributed by atoms with van der Waals surface area (Å²) < 4.78 is 2.98. The molecule has 0 bridgehead atoms. The first kappa shape index (κ1) is 11.0. The zero-order valence-electron chi connectivity index (χ0n) is 9.49. The summed E-state index contributed by atoms with van der Waals surface area (Å²) in [7, 11) is 0. The first-order valence-corrected chi connectivity index (χ1v) is 6.68. The maximum Gasteiger partial charge on any atom is 0.132 e. The smallest absolute Gasteiger partial charge is 0.132 e. The first-order valence-electron chi connectivity index (χ1n) is 5.89. The average Bonchev–Trinajstić information content (AvgIpc) is 2.89. The molecule has 1 aliphatic heterocycles. The van der Waals surface area contributed by atoms with Crippen LogP contribution in [0, 0.1) is 0 Å². The lowest BCUT2D eigenvalue weighted by Crippen LogP contribution is -2.24. The SMILES string of the molecule is Nc1ccc2c(Br)nc(CC3CCCN3)n2c1. The lowest BCUT2D eigenvalue weighted by molar-refractivity contribution is 0.584. The van der Waals surface area contributed by atoms with Crippen molar-refractivity contribution in [1.29, 1.82) is 0 Å². The lowest BCUT2D eigenvalue weighted by atomic mass is 10.1. The van der Waals surface area contributed by atoms with E-state index in [2.05, 4.69) is 30.6 Å². The Hall–Kier alpha value is -1.07. The first-order chi connectivity index (χ1) is 8.24. The predicted octanol–water partition coefficient (Wildman–Crippen LogP) is 1.97. The van der Waals surface area contributed by atoms with Crippen molar-refractivity contribution in [3.8, 4) is 0 Å².